The topological polar surface area (TPSA) is 72.6 Å². The van der Waals surface area contributed by atoms with E-state index < -0.39 is 5.91 Å². The maximum absolute atomic E-state index is 11.2. The van der Waals surface area contributed by atoms with Crippen molar-refractivity contribution in [3.63, 3.8) is 0 Å². The molecule has 0 aromatic heterocycles. The van der Waals surface area contributed by atoms with Gasteiger partial charge in [-0.1, -0.05) is 6.92 Å². The Morgan fingerprint density at radius 2 is 1.93 bits per heavy atom. The molecular formula is C9H18N2O3. The van der Waals surface area contributed by atoms with Crippen LogP contribution < -0.4 is 5.73 Å². The lowest BCUT2D eigenvalue weighted by atomic mass is 10.0. The van der Waals surface area contributed by atoms with E-state index in [-0.39, 0.29) is 24.5 Å². The zero-order valence-electron chi connectivity index (χ0n) is 9.11. The van der Waals surface area contributed by atoms with Gasteiger partial charge in [-0.3, -0.25) is 14.5 Å². The third-order valence-corrected chi connectivity index (χ3v) is 2.40. The zero-order chi connectivity index (χ0) is 11.3. The fraction of sp³-hybridized carbons (Fsp3) is 0.778. The first-order chi connectivity index (χ1) is 6.40. The Balaban J connectivity index is 4.22. The van der Waals surface area contributed by atoms with Crippen molar-refractivity contribution < 1.29 is 14.3 Å². The smallest absolute Gasteiger partial charge is 0.309 e. The lowest BCUT2D eigenvalue weighted by molar-refractivity contribution is -0.147. The fourth-order valence-electron chi connectivity index (χ4n) is 1.15. The first kappa shape index (κ1) is 12.9. The van der Waals surface area contributed by atoms with Crippen molar-refractivity contribution in [3.05, 3.63) is 0 Å². The van der Waals surface area contributed by atoms with Gasteiger partial charge in [0.15, 0.2) is 0 Å². The van der Waals surface area contributed by atoms with Gasteiger partial charge in [0.05, 0.1) is 19.6 Å². The molecule has 0 aliphatic carbocycles. The van der Waals surface area contributed by atoms with E-state index in [1.165, 1.54) is 7.11 Å². The molecule has 0 saturated carbocycles. The predicted octanol–water partition coefficient (Wildman–Crippen LogP) is -0.399. The Morgan fingerprint density at radius 1 is 1.43 bits per heavy atom. The number of carbonyl (C=O) groups excluding carboxylic acids is 2. The van der Waals surface area contributed by atoms with Gasteiger partial charge in [0, 0.05) is 6.04 Å². The molecule has 0 heterocycles. The minimum absolute atomic E-state index is 0.0741. The van der Waals surface area contributed by atoms with E-state index in [9.17, 15) is 9.59 Å². The summed E-state index contributed by atoms with van der Waals surface area (Å²) in [5.74, 6) is -0.963. The minimum atomic E-state index is -0.406. The summed E-state index contributed by atoms with van der Waals surface area (Å²) in [5.41, 5.74) is 5.04. The van der Waals surface area contributed by atoms with Gasteiger partial charge in [-0.25, -0.2) is 0 Å². The molecule has 0 aliphatic heterocycles. The fourth-order valence-corrected chi connectivity index (χ4v) is 1.15. The van der Waals surface area contributed by atoms with E-state index in [0.717, 1.165) is 0 Å². The van der Waals surface area contributed by atoms with Crippen molar-refractivity contribution in [3.8, 4) is 0 Å². The number of amides is 1. The quantitative estimate of drug-likeness (QED) is 0.616. The molecule has 1 amide bonds. The second-order valence-corrected chi connectivity index (χ2v) is 3.43. The molecule has 0 rings (SSSR count). The van der Waals surface area contributed by atoms with Crippen LogP contribution in [0.25, 0.3) is 0 Å². The Bertz CT molecular complexity index is 218. The van der Waals surface area contributed by atoms with Crippen LogP contribution in [-0.2, 0) is 14.3 Å². The molecule has 0 bridgehead atoms. The average Bonchev–Trinajstić information content (AvgIpc) is 2.13. The monoisotopic (exact) mass is 202 g/mol. The summed E-state index contributed by atoms with van der Waals surface area (Å²) >= 11 is 0. The number of hydrogen-bond acceptors (Lipinski definition) is 4. The lowest BCUT2D eigenvalue weighted by Crippen LogP contribution is -2.42. The van der Waals surface area contributed by atoms with Crippen molar-refractivity contribution in [2.24, 2.45) is 11.7 Å². The molecule has 5 nitrogen and oxygen atoms in total. The van der Waals surface area contributed by atoms with Gasteiger partial charge in [-0.2, -0.15) is 0 Å². The summed E-state index contributed by atoms with van der Waals surface area (Å²) in [6.45, 7) is 3.75. The van der Waals surface area contributed by atoms with Gasteiger partial charge in [0.2, 0.25) is 5.91 Å². The van der Waals surface area contributed by atoms with E-state index in [1.807, 2.05) is 6.92 Å². The molecule has 0 aromatic carbocycles. The highest BCUT2D eigenvalue weighted by Gasteiger charge is 2.24. The zero-order valence-corrected chi connectivity index (χ0v) is 9.11. The summed E-state index contributed by atoms with van der Waals surface area (Å²) in [5, 5.41) is 0. The largest absolute Gasteiger partial charge is 0.469 e. The van der Waals surface area contributed by atoms with Crippen molar-refractivity contribution in [1.82, 2.24) is 4.90 Å². The molecule has 0 aliphatic rings. The maximum Gasteiger partial charge on any atom is 0.309 e. The third kappa shape index (κ3) is 3.74. The highest BCUT2D eigenvalue weighted by atomic mass is 16.5. The van der Waals surface area contributed by atoms with E-state index in [2.05, 4.69) is 4.74 Å². The molecule has 0 saturated heterocycles. The summed E-state index contributed by atoms with van der Waals surface area (Å²) in [6, 6.07) is -0.0741. The van der Waals surface area contributed by atoms with Crippen LogP contribution >= 0.6 is 0 Å². The number of likely N-dealkylation sites (N-methyl/N-ethyl adjacent to an activating group) is 1. The summed E-state index contributed by atoms with van der Waals surface area (Å²) in [4.78, 5) is 23.5. The molecule has 0 aromatic rings. The summed E-state index contributed by atoms with van der Waals surface area (Å²) in [7, 11) is 3.09. The Morgan fingerprint density at radius 3 is 2.29 bits per heavy atom. The number of esters is 1. The normalized spacial score (nSPS) is 14.9. The number of nitrogens with zero attached hydrogens (tertiary/aromatic N) is 1. The van der Waals surface area contributed by atoms with Crippen LogP contribution in [0.3, 0.4) is 0 Å². The average molecular weight is 202 g/mol. The van der Waals surface area contributed by atoms with E-state index >= 15 is 0 Å². The van der Waals surface area contributed by atoms with Crippen molar-refractivity contribution in [1.29, 1.82) is 0 Å². The maximum atomic E-state index is 11.2. The lowest BCUT2D eigenvalue weighted by Gasteiger charge is -2.26. The summed E-state index contributed by atoms with van der Waals surface area (Å²) < 4.78 is 4.61. The molecule has 0 radical (unpaired) electrons. The van der Waals surface area contributed by atoms with E-state index in [4.69, 9.17) is 5.73 Å². The van der Waals surface area contributed by atoms with Gasteiger partial charge >= 0.3 is 5.97 Å². The van der Waals surface area contributed by atoms with Crippen molar-refractivity contribution in [2.75, 3.05) is 20.7 Å². The molecule has 5 heteroatoms. The number of ether oxygens (including phenoxy) is 1. The first-order valence-corrected chi connectivity index (χ1v) is 4.46. The Labute approximate surface area is 84.2 Å². The standard InChI is InChI=1S/C9H18N2O3/c1-6(9(13)14-4)7(2)11(3)5-8(10)12/h6-7H,5H2,1-4H3,(H2,10,12). The first-order valence-electron chi connectivity index (χ1n) is 4.46. The van der Waals surface area contributed by atoms with Gasteiger partial charge in [0.1, 0.15) is 0 Å². The molecule has 14 heavy (non-hydrogen) atoms. The van der Waals surface area contributed by atoms with Crippen molar-refractivity contribution >= 4 is 11.9 Å². The van der Waals surface area contributed by atoms with E-state index in [1.54, 1.807) is 18.9 Å². The second kappa shape index (κ2) is 5.59. The van der Waals surface area contributed by atoms with Crippen LogP contribution in [0, 0.1) is 5.92 Å². The Kier molecular flexibility index (Phi) is 5.15. The SMILES string of the molecule is COC(=O)C(C)C(C)N(C)CC(N)=O. The molecule has 2 unspecified atom stereocenters. The Hall–Kier alpha value is -1.10. The molecule has 0 fully saturated rings. The molecule has 2 atom stereocenters. The van der Waals surface area contributed by atoms with E-state index in [0.29, 0.717) is 0 Å². The molecule has 0 spiro atoms. The number of methoxy groups -OCH3 is 1. The van der Waals surface area contributed by atoms with Gasteiger partial charge in [-0.05, 0) is 14.0 Å². The molecule has 2 N–H and O–H groups in total. The van der Waals surface area contributed by atoms with Gasteiger partial charge in [0.25, 0.3) is 0 Å². The number of carbonyl (C=O) groups is 2. The predicted molar refractivity (Wildman–Crippen MR) is 52.5 cm³/mol. The van der Waals surface area contributed by atoms with Crippen molar-refractivity contribution in [2.45, 2.75) is 19.9 Å². The minimum Gasteiger partial charge on any atom is -0.469 e. The van der Waals surface area contributed by atoms with Crippen LogP contribution in [-0.4, -0.2) is 43.5 Å². The molecular weight excluding hydrogens is 184 g/mol. The number of rotatable bonds is 5. The van der Waals surface area contributed by atoms with Crippen LogP contribution in [0.2, 0.25) is 0 Å². The van der Waals surface area contributed by atoms with Crippen LogP contribution in [0.5, 0.6) is 0 Å². The van der Waals surface area contributed by atoms with Crippen LogP contribution in [0.1, 0.15) is 13.8 Å². The number of hydrogen-bond donors (Lipinski definition) is 1. The summed E-state index contributed by atoms with van der Waals surface area (Å²) in [6.07, 6.45) is 0. The van der Waals surface area contributed by atoms with Gasteiger partial charge < -0.3 is 10.5 Å². The second-order valence-electron chi connectivity index (χ2n) is 3.43. The number of primary amides is 1. The van der Waals surface area contributed by atoms with Crippen LogP contribution in [0.4, 0.5) is 0 Å². The highest BCUT2D eigenvalue weighted by molar-refractivity contribution is 5.76. The highest BCUT2D eigenvalue weighted by Crippen LogP contribution is 2.10. The van der Waals surface area contributed by atoms with Gasteiger partial charge in [-0.15, -0.1) is 0 Å². The third-order valence-electron chi connectivity index (χ3n) is 2.40. The number of nitrogens with two attached hydrogens (primary N) is 1. The van der Waals surface area contributed by atoms with Crippen LogP contribution in [0.15, 0.2) is 0 Å². The molecule has 82 valence electrons.